The molecule has 1 unspecified atom stereocenters. The number of rotatable bonds is 1. The lowest BCUT2D eigenvalue weighted by molar-refractivity contribution is 0.452. The molecule has 2 nitrogen and oxygen atoms in total. The number of piperidine rings is 1. The van der Waals surface area contributed by atoms with Crippen molar-refractivity contribution in [2.75, 3.05) is 13.1 Å². The Kier molecular flexibility index (Phi) is 2.77. The summed E-state index contributed by atoms with van der Waals surface area (Å²) in [5.74, 6) is 0.251. The number of nitrogens with one attached hydrogen (secondary N) is 1. The van der Waals surface area contributed by atoms with Crippen molar-refractivity contribution in [2.45, 2.75) is 25.7 Å². The summed E-state index contributed by atoms with van der Waals surface area (Å²) in [6.07, 6.45) is 2.34. The highest BCUT2D eigenvalue weighted by Crippen LogP contribution is 2.21. The molecule has 1 fully saturated rings. The van der Waals surface area contributed by atoms with Crippen molar-refractivity contribution < 1.29 is 4.39 Å². The van der Waals surface area contributed by atoms with Crippen LogP contribution in [0.1, 0.15) is 30.1 Å². The van der Waals surface area contributed by atoms with Crippen LogP contribution in [0.4, 0.5) is 4.39 Å². The number of pyridine rings is 1. The van der Waals surface area contributed by atoms with E-state index < -0.39 is 0 Å². The van der Waals surface area contributed by atoms with E-state index in [4.69, 9.17) is 0 Å². The fourth-order valence-corrected chi connectivity index (χ4v) is 1.90. The van der Waals surface area contributed by atoms with Crippen LogP contribution in [0.5, 0.6) is 0 Å². The lowest BCUT2D eigenvalue weighted by atomic mass is 9.95. The zero-order valence-corrected chi connectivity index (χ0v) is 8.39. The zero-order valence-electron chi connectivity index (χ0n) is 8.39. The van der Waals surface area contributed by atoms with Gasteiger partial charge in [0.05, 0.1) is 5.69 Å². The second-order valence-electron chi connectivity index (χ2n) is 3.85. The van der Waals surface area contributed by atoms with Crippen molar-refractivity contribution in [1.82, 2.24) is 10.3 Å². The predicted octanol–water partition coefficient (Wildman–Crippen LogP) is 2.00. The van der Waals surface area contributed by atoms with Gasteiger partial charge in [-0.05, 0) is 38.4 Å². The van der Waals surface area contributed by atoms with Gasteiger partial charge >= 0.3 is 0 Å². The molecule has 1 aliphatic heterocycles. The molecule has 1 aliphatic rings. The van der Waals surface area contributed by atoms with Crippen molar-refractivity contribution in [3.63, 3.8) is 0 Å². The van der Waals surface area contributed by atoms with Crippen molar-refractivity contribution in [3.05, 3.63) is 29.3 Å². The first-order valence-electron chi connectivity index (χ1n) is 5.11. The summed E-state index contributed by atoms with van der Waals surface area (Å²) < 4.78 is 13.0. The Morgan fingerprint density at radius 2 is 2.36 bits per heavy atom. The third-order valence-electron chi connectivity index (χ3n) is 2.76. The van der Waals surface area contributed by atoms with E-state index in [0.29, 0.717) is 11.6 Å². The highest BCUT2D eigenvalue weighted by atomic mass is 19.1. The smallest absolute Gasteiger partial charge is 0.144 e. The minimum Gasteiger partial charge on any atom is -0.316 e. The highest BCUT2D eigenvalue weighted by molar-refractivity contribution is 5.16. The highest BCUT2D eigenvalue weighted by Gasteiger charge is 2.16. The summed E-state index contributed by atoms with van der Waals surface area (Å²) in [4.78, 5) is 4.28. The summed E-state index contributed by atoms with van der Waals surface area (Å²) in [5, 5.41) is 3.33. The Bertz CT molecular complexity index is 319. The third kappa shape index (κ3) is 1.93. The van der Waals surface area contributed by atoms with Gasteiger partial charge in [0, 0.05) is 18.2 Å². The Labute approximate surface area is 83.6 Å². The van der Waals surface area contributed by atoms with Gasteiger partial charge in [0.1, 0.15) is 5.82 Å². The number of aromatic nitrogens is 1. The summed E-state index contributed by atoms with van der Waals surface area (Å²) in [7, 11) is 0. The Hall–Kier alpha value is -0.960. The molecule has 2 rings (SSSR count). The van der Waals surface area contributed by atoms with Gasteiger partial charge in [0.2, 0.25) is 0 Å². The first-order valence-corrected chi connectivity index (χ1v) is 5.11. The number of halogens is 1. The minimum absolute atomic E-state index is 0.211. The second-order valence-corrected chi connectivity index (χ2v) is 3.85. The van der Waals surface area contributed by atoms with Crippen LogP contribution in [0, 0.1) is 12.7 Å². The lowest BCUT2D eigenvalue weighted by Gasteiger charge is -2.22. The van der Waals surface area contributed by atoms with Crippen molar-refractivity contribution in [2.24, 2.45) is 0 Å². The molecule has 0 saturated carbocycles. The van der Waals surface area contributed by atoms with Crippen LogP contribution in [-0.4, -0.2) is 18.1 Å². The molecule has 1 aromatic heterocycles. The Balaban J connectivity index is 2.18. The van der Waals surface area contributed by atoms with Gasteiger partial charge in [0.15, 0.2) is 0 Å². The fourth-order valence-electron chi connectivity index (χ4n) is 1.90. The van der Waals surface area contributed by atoms with Crippen LogP contribution in [0.25, 0.3) is 0 Å². The number of nitrogens with zero attached hydrogens (tertiary/aromatic N) is 1. The van der Waals surface area contributed by atoms with Crippen LogP contribution in [0.3, 0.4) is 0 Å². The standard InChI is InChI=1S/C11H15FN2/c1-8-10(12)4-5-11(14-8)9-3-2-6-13-7-9/h4-5,9,13H,2-3,6-7H2,1H3. The SMILES string of the molecule is Cc1nc(C2CCCNC2)ccc1F. The van der Waals surface area contributed by atoms with E-state index in [1.165, 1.54) is 12.5 Å². The fraction of sp³-hybridized carbons (Fsp3) is 0.545. The zero-order chi connectivity index (χ0) is 9.97. The number of aryl methyl sites for hydroxylation is 1. The first-order chi connectivity index (χ1) is 6.77. The van der Waals surface area contributed by atoms with Crippen LogP contribution in [-0.2, 0) is 0 Å². The van der Waals surface area contributed by atoms with Gasteiger partial charge in [0.25, 0.3) is 0 Å². The van der Waals surface area contributed by atoms with E-state index in [9.17, 15) is 4.39 Å². The van der Waals surface area contributed by atoms with E-state index in [1.54, 1.807) is 13.0 Å². The molecule has 0 bridgehead atoms. The molecule has 2 heterocycles. The first kappa shape index (κ1) is 9.59. The maximum atomic E-state index is 13.0. The summed E-state index contributed by atoms with van der Waals surface area (Å²) in [6, 6.07) is 3.33. The molecule has 1 aromatic rings. The molecule has 76 valence electrons. The molecular formula is C11H15FN2. The van der Waals surface area contributed by atoms with Gasteiger partial charge in [-0.15, -0.1) is 0 Å². The topological polar surface area (TPSA) is 24.9 Å². The van der Waals surface area contributed by atoms with Crippen LogP contribution < -0.4 is 5.32 Å². The van der Waals surface area contributed by atoms with Gasteiger partial charge in [-0.3, -0.25) is 4.98 Å². The molecular weight excluding hydrogens is 179 g/mol. The summed E-state index contributed by atoms with van der Waals surface area (Å²) >= 11 is 0. The molecule has 0 amide bonds. The largest absolute Gasteiger partial charge is 0.316 e. The third-order valence-corrected chi connectivity index (χ3v) is 2.76. The van der Waals surface area contributed by atoms with Crippen LogP contribution >= 0.6 is 0 Å². The van der Waals surface area contributed by atoms with E-state index in [-0.39, 0.29) is 5.82 Å². The molecule has 0 spiro atoms. The monoisotopic (exact) mass is 194 g/mol. The lowest BCUT2D eigenvalue weighted by Crippen LogP contribution is -2.28. The molecule has 0 aromatic carbocycles. The van der Waals surface area contributed by atoms with Gasteiger partial charge in [-0.25, -0.2) is 4.39 Å². The Morgan fingerprint density at radius 1 is 1.50 bits per heavy atom. The normalized spacial score (nSPS) is 22.3. The maximum absolute atomic E-state index is 13.0. The van der Waals surface area contributed by atoms with E-state index in [0.717, 1.165) is 25.2 Å². The quantitative estimate of drug-likeness (QED) is 0.739. The Morgan fingerprint density at radius 3 is 3.00 bits per heavy atom. The van der Waals surface area contributed by atoms with Gasteiger partial charge in [-0.1, -0.05) is 0 Å². The van der Waals surface area contributed by atoms with Gasteiger partial charge < -0.3 is 5.32 Å². The van der Waals surface area contributed by atoms with E-state index in [1.807, 2.05) is 0 Å². The molecule has 14 heavy (non-hydrogen) atoms. The molecule has 3 heteroatoms. The van der Waals surface area contributed by atoms with E-state index in [2.05, 4.69) is 10.3 Å². The maximum Gasteiger partial charge on any atom is 0.144 e. The second kappa shape index (κ2) is 4.05. The van der Waals surface area contributed by atoms with Crippen LogP contribution in [0.15, 0.2) is 12.1 Å². The molecule has 1 atom stereocenters. The predicted molar refractivity (Wildman–Crippen MR) is 53.8 cm³/mol. The molecule has 0 aliphatic carbocycles. The molecule has 1 saturated heterocycles. The van der Waals surface area contributed by atoms with Crippen molar-refractivity contribution in [3.8, 4) is 0 Å². The molecule has 0 radical (unpaired) electrons. The summed E-state index contributed by atoms with van der Waals surface area (Å²) in [6.45, 7) is 3.78. The average molecular weight is 194 g/mol. The van der Waals surface area contributed by atoms with Crippen LogP contribution in [0.2, 0.25) is 0 Å². The van der Waals surface area contributed by atoms with E-state index >= 15 is 0 Å². The van der Waals surface area contributed by atoms with Crippen molar-refractivity contribution >= 4 is 0 Å². The van der Waals surface area contributed by atoms with Gasteiger partial charge in [-0.2, -0.15) is 0 Å². The average Bonchev–Trinajstić information content (AvgIpc) is 2.23. The summed E-state index contributed by atoms with van der Waals surface area (Å²) in [5.41, 5.74) is 1.53. The number of hydrogen-bond acceptors (Lipinski definition) is 2. The minimum atomic E-state index is -0.211. The molecule has 1 N–H and O–H groups in total. The number of hydrogen-bond donors (Lipinski definition) is 1. The van der Waals surface area contributed by atoms with Crippen molar-refractivity contribution in [1.29, 1.82) is 0 Å².